The number of pyridine rings is 2. The van der Waals surface area contributed by atoms with E-state index >= 15 is 0 Å². The summed E-state index contributed by atoms with van der Waals surface area (Å²) in [4.78, 5) is 9.16. The third-order valence-electron chi connectivity index (χ3n) is 4.31. The van der Waals surface area contributed by atoms with E-state index in [1.165, 1.54) is 6.21 Å². The molecule has 3 aromatic rings. The summed E-state index contributed by atoms with van der Waals surface area (Å²) in [6.45, 7) is 4.17. The Morgan fingerprint density at radius 3 is 2.59 bits per heavy atom. The highest BCUT2D eigenvalue weighted by molar-refractivity contribution is 5.91. The first kappa shape index (κ1) is 18.7. The first-order chi connectivity index (χ1) is 13.0. The second-order valence-corrected chi connectivity index (χ2v) is 6.47. The van der Waals surface area contributed by atoms with Crippen LogP contribution in [-0.4, -0.2) is 16.2 Å². The van der Waals surface area contributed by atoms with Crippen LogP contribution in [-0.2, 0) is 6.54 Å². The minimum absolute atomic E-state index is 0.145. The van der Waals surface area contributed by atoms with Gasteiger partial charge in [0.15, 0.2) is 0 Å². The van der Waals surface area contributed by atoms with E-state index in [0.717, 1.165) is 45.3 Å². The van der Waals surface area contributed by atoms with Crippen molar-refractivity contribution in [1.82, 2.24) is 9.97 Å². The number of rotatable bonds is 6. The van der Waals surface area contributed by atoms with Crippen molar-refractivity contribution in [3.63, 3.8) is 0 Å². The minimum Gasteiger partial charge on any atom is -0.340 e. The molecule has 2 aromatic heterocycles. The molecule has 0 fully saturated rings. The highest BCUT2D eigenvalue weighted by Gasteiger charge is 2.12. The number of nitrogens with zero attached hydrogens (tertiary/aromatic N) is 2. The van der Waals surface area contributed by atoms with Crippen molar-refractivity contribution in [1.29, 1.82) is 5.41 Å². The molecule has 1 aromatic carbocycles. The summed E-state index contributed by atoms with van der Waals surface area (Å²) in [7, 11) is 0. The number of hydrogen-bond acceptors (Lipinski definition) is 6. The molecule has 6 nitrogen and oxygen atoms in total. The lowest BCUT2D eigenvalue weighted by atomic mass is 9.99. The minimum atomic E-state index is -0.145. The van der Waals surface area contributed by atoms with Crippen LogP contribution in [0.1, 0.15) is 35.5 Å². The molecule has 0 aliphatic rings. The predicted molar refractivity (Wildman–Crippen MR) is 110 cm³/mol. The lowest BCUT2D eigenvalue weighted by molar-refractivity contribution is 0.782. The van der Waals surface area contributed by atoms with Crippen molar-refractivity contribution < 1.29 is 0 Å². The molecule has 0 amide bonds. The van der Waals surface area contributed by atoms with Gasteiger partial charge in [0.25, 0.3) is 0 Å². The third-order valence-corrected chi connectivity index (χ3v) is 4.31. The van der Waals surface area contributed by atoms with Crippen LogP contribution in [0.25, 0.3) is 11.3 Å². The molecule has 27 heavy (non-hydrogen) atoms. The highest BCUT2D eigenvalue weighted by atomic mass is 15.0. The van der Waals surface area contributed by atoms with Crippen LogP contribution in [0.3, 0.4) is 0 Å². The third kappa shape index (κ3) is 4.19. The SMILES string of the molecule is Cc1cccc(Nc2cc(-c3cccc(C(C)N)n3)cc(CN)c2C=N)n1. The smallest absolute Gasteiger partial charge is 0.130 e. The summed E-state index contributed by atoms with van der Waals surface area (Å²) in [5, 5.41) is 11.1. The van der Waals surface area contributed by atoms with Crippen molar-refractivity contribution in [2.45, 2.75) is 26.4 Å². The molecule has 0 saturated carbocycles. The van der Waals surface area contributed by atoms with E-state index in [4.69, 9.17) is 16.9 Å². The molecule has 1 atom stereocenters. The zero-order valence-corrected chi connectivity index (χ0v) is 15.5. The van der Waals surface area contributed by atoms with Gasteiger partial charge in [-0.15, -0.1) is 0 Å². The summed E-state index contributed by atoms with van der Waals surface area (Å²) in [6.07, 6.45) is 1.32. The fourth-order valence-electron chi connectivity index (χ4n) is 2.92. The predicted octanol–water partition coefficient (Wildman–Crippen LogP) is 3.67. The molecule has 138 valence electrons. The van der Waals surface area contributed by atoms with Gasteiger partial charge in [0.2, 0.25) is 0 Å². The molecule has 6 N–H and O–H groups in total. The molecule has 0 spiro atoms. The van der Waals surface area contributed by atoms with Gasteiger partial charge in [-0.2, -0.15) is 0 Å². The topological polar surface area (TPSA) is 114 Å². The maximum absolute atomic E-state index is 7.83. The van der Waals surface area contributed by atoms with Gasteiger partial charge in [-0.3, -0.25) is 4.98 Å². The van der Waals surface area contributed by atoms with Gasteiger partial charge in [-0.05, 0) is 55.8 Å². The van der Waals surface area contributed by atoms with Crippen molar-refractivity contribution in [2.24, 2.45) is 11.5 Å². The zero-order chi connectivity index (χ0) is 19.4. The molecular formula is C21H24N6. The van der Waals surface area contributed by atoms with Gasteiger partial charge in [-0.1, -0.05) is 12.1 Å². The first-order valence-electron chi connectivity index (χ1n) is 8.83. The van der Waals surface area contributed by atoms with E-state index in [0.29, 0.717) is 6.54 Å². The highest BCUT2D eigenvalue weighted by Crippen LogP contribution is 2.29. The quantitative estimate of drug-likeness (QED) is 0.501. The molecule has 0 saturated heterocycles. The summed E-state index contributed by atoms with van der Waals surface area (Å²) >= 11 is 0. The summed E-state index contributed by atoms with van der Waals surface area (Å²) in [5.74, 6) is 0.718. The van der Waals surface area contributed by atoms with Crippen LogP contribution in [0.5, 0.6) is 0 Å². The lowest BCUT2D eigenvalue weighted by Crippen LogP contribution is -2.08. The van der Waals surface area contributed by atoms with Gasteiger partial charge in [0.1, 0.15) is 5.82 Å². The number of benzene rings is 1. The molecule has 1 unspecified atom stereocenters. The summed E-state index contributed by atoms with van der Waals surface area (Å²) in [5.41, 5.74) is 17.8. The number of aromatic nitrogens is 2. The van der Waals surface area contributed by atoms with Crippen LogP contribution >= 0.6 is 0 Å². The van der Waals surface area contributed by atoms with E-state index in [1.54, 1.807) is 0 Å². The zero-order valence-electron chi connectivity index (χ0n) is 15.5. The van der Waals surface area contributed by atoms with E-state index in [1.807, 2.05) is 62.4 Å². The molecule has 0 radical (unpaired) electrons. The Balaban J connectivity index is 2.11. The van der Waals surface area contributed by atoms with Crippen LogP contribution in [0.4, 0.5) is 11.5 Å². The molecule has 0 aliphatic carbocycles. The Bertz CT molecular complexity index is 965. The largest absolute Gasteiger partial charge is 0.340 e. The van der Waals surface area contributed by atoms with E-state index in [2.05, 4.69) is 15.3 Å². The van der Waals surface area contributed by atoms with Crippen molar-refractivity contribution >= 4 is 17.7 Å². The maximum Gasteiger partial charge on any atom is 0.130 e. The second-order valence-electron chi connectivity index (χ2n) is 6.47. The van der Waals surface area contributed by atoms with E-state index in [-0.39, 0.29) is 6.04 Å². The Hall–Kier alpha value is -3.09. The Kier molecular flexibility index (Phi) is 5.59. The number of nitrogens with two attached hydrogens (primary N) is 2. The normalized spacial score (nSPS) is 11.9. The molecule has 3 rings (SSSR count). The standard InChI is InChI=1S/C21H24N6/c1-13-5-3-8-21(25-13)27-20-10-15(9-16(11-22)17(20)12-23)19-7-4-6-18(26-19)14(2)24/h3-10,12,14,23H,11,22,24H2,1-2H3,(H,25,27). The molecule has 0 bridgehead atoms. The Labute approximate surface area is 159 Å². The average Bonchev–Trinajstić information content (AvgIpc) is 2.67. The molecular weight excluding hydrogens is 336 g/mol. The van der Waals surface area contributed by atoms with Crippen LogP contribution in [0.2, 0.25) is 0 Å². The van der Waals surface area contributed by atoms with Gasteiger partial charge in [0, 0.05) is 41.3 Å². The van der Waals surface area contributed by atoms with Crippen LogP contribution in [0.15, 0.2) is 48.5 Å². The van der Waals surface area contributed by atoms with Crippen LogP contribution < -0.4 is 16.8 Å². The number of nitrogens with one attached hydrogen (secondary N) is 2. The van der Waals surface area contributed by atoms with E-state index < -0.39 is 0 Å². The van der Waals surface area contributed by atoms with Crippen molar-refractivity contribution in [2.75, 3.05) is 5.32 Å². The van der Waals surface area contributed by atoms with Crippen LogP contribution in [0, 0.1) is 12.3 Å². The Morgan fingerprint density at radius 1 is 1.15 bits per heavy atom. The van der Waals surface area contributed by atoms with Gasteiger partial charge < -0.3 is 22.2 Å². The fraction of sp³-hybridized carbons (Fsp3) is 0.190. The summed E-state index contributed by atoms with van der Waals surface area (Å²) in [6, 6.07) is 15.4. The first-order valence-corrected chi connectivity index (χ1v) is 8.83. The van der Waals surface area contributed by atoms with Crippen molar-refractivity contribution in [3.05, 3.63) is 71.0 Å². The maximum atomic E-state index is 7.83. The van der Waals surface area contributed by atoms with Crippen molar-refractivity contribution in [3.8, 4) is 11.3 Å². The lowest BCUT2D eigenvalue weighted by Gasteiger charge is -2.16. The fourth-order valence-corrected chi connectivity index (χ4v) is 2.92. The molecule has 0 aliphatic heterocycles. The molecule has 6 heteroatoms. The molecule has 2 heterocycles. The van der Waals surface area contributed by atoms with Gasteiger partial charge >= 0.3 is 0 Å². The van der Waals surface area contributed by atoms with Gasteiger partial charge in [-0.25, -0.2) is 4.98 Å². The van der Waals surface area contributed by atoms with Gasteiger partial charge in [0.05, 0.1) is 11.4 Å². The number of hydrogen-bond donors (Lipinski definition) is 4. The average molecular weight is 360 g/mol. The van der Waals surface area contributed by atoms with E-state index in [9.17, 15) is 0 Å². The summed E-state index contributed by atoms with van der Waals surface area (Å²) < 4.78 is 0. The number of anilines is 2. The number of aryl methyl sites for hydroxylation is 1. The monoisotopic (exact) mass is 360 g/mol. The second kappa shape index (κ2) is 8.07. The Morgan fingerprint density at radius 2 is 1.93 bits per heavy atom.